The predicted octanol–water partition coefficient (Wildman–Crippen LogP) is 3.61. The lowest BCUT2D eigenvalue weighted by molar-refractivity contribution is 0.161. The number of aryl methyl sites for hydroxylation is 2. The molecule has 2 aromatic rings. The third-order valence-electron chi connectivity index (χ3n) is 4.37. The first-order chi connectivity index (χ1) is 11.3. The Hall–Kier alpha value is -2.00. The van der Waals surface area contributed by atoms with Crippen molar-refractivity contribution in [2.75, 3.05) is 20.2 Å². The van der Waals surface area contributed by atoms with Gasteiger partial charge in [-0.2, -0.15) is 0 Å². The summed E-state index contributed by atoms with van der Waals surface area (Å²) in [5, 5.41) is 3.38. The molecule has 1 aliphatic rings. The number of nitrogens with one attached hydrogen (secondary N) is 1. The molecule has 1 aliphatic heterocycles. The van der Waals surface area contributed by atoms with Crippen LogP contribution in [0, 0.1) is 0 Å². The fourth-order valence-corrected chi connectivity index (χ4v) is 3.03. The zero-order valence-electron chi connectivity index (χ0n) is 13.8. The second kappa shape index (κ2) is 8.02. The van der Waals surface area contributed by atoms with Crippen molar-refractivity contribution in [2.24, 2.45) is 0 Å². The maximum atomic E-state index is 6.26. The Morgan fingerprint density at radius 1 is 1.00 bits per heavy atom. The van der Waals surface area contributed by atoms with Crippen molar-refractivity contribution >= 4 is 0 Å². The van der Waals surface area contributed by atoms with Gasteiger partial charge in [-0.25, -0.2) is 0 Å². The highest BCUT2D eigenvalue weighted by molar-refractivity contribution is 5.35. The van der Waals surface area contributed by atoms with Gasteiger partial charge in [0.25, 0.3) is 0 Å². The van der Waals surface area contributed by atoms with Gasteiger partial charge in [-0.1, -0.05) is 30.3 Å². The zero-order chi connectivity index (χ0) is 15.9. The van der Waals surface area contributed by atoms with E-state index in [1.54, 1.807) is 7.11 Å². The Morgan fingerprint density at radius 2 is 1.83 bits per heavy atom. The lowest BCUT2D eigenvalue weighted by atomic mass is 10.0. The number of rotatable bonds is 6. The number of para-hydroxylation sites is 1. The molecule has 0 saturated carbocycles. The molecule has 1 saturated heterocycles. The van der Waals surface area contributed by atoms with Crippen LogP contribution in [0.25, 0.3) is 0 Å². The van der Waals surface area contributed by atoms with Gasteiger partial charge in [-0.15, -0.1) is 0 Å². The van der Waals surface area contributed by atoms with Gasteiger partial charge in [-0.05, 0) is 68.1 Å². The molecule has 0 aromatic heterocycles. The van der Waals surface area contributed by atoms with Crippen LogP contribution in [0.1, 0.15) is 24.0 Å². The van der Waals surface area contributed by atoms with Gasteiger partial charge in [0.05, 0.1) is 7.11 Å². The van der Waals surface area contributed by atoms with Crippen molar-refractivity contribution in [2.45, 2.75) is 31.8 Å². The number of hydrogen-bond donors (Lipinski definition) is 1. The summed E-state index contributed by atoms with van der Waals surface area (Å²) in [7, 11) is 1.71. The molecule has 0 aliphatic carbocycles. The predicted molar refractivity (Wildman–Crippen MR) is 93.4 cm³/mol. The minimum atomic E-state index is 0.342. The molecule has 23 heavy (non-hydrogen) atoms. The summed E-state index contributed by atoms with van der Waals surface area (Å²) >= 11 is 0. The van der Waals surface area contributed by atoms with Gasteiger partial charge in [0, 0.05) is 0 Å². The third-order valence-corrected chi connectivity index (χ3v) is 4.37. The molecule has 122 valence electrons. The van der Waals surface area contributed by atoms with E-state index >= 15 is 0 Å². The fraction of sp³-hybridized carbons (Fsp3) is 0.400. The summed E-state index contributed by atoms with van der Waals surface area (Å²) in [5.41, 5.74) is 2.58. The van der Waals surface area contributed by atoms with E-state index in [1.165, 1.54) is 11.1 Å². The molecule has 0 atom stereocenters. The highest BCUT2D eigenvalue weighted by Crippen LogP contribution is 2.24. The molecule has 3 rings (SSSR count). The summed E-state index contributed by atoms with van der Waals surface area (Å²) in [6, 6.07) is 16.7. The van der Waals surface area contributed by atoms with E-state index in [0.29, 0.717) is 6.10 Å². The Bertz CT molecular complexity index is 621. The first-order valence-electron chi connectivity index (χ1n) is 8.43. The van der Waals surface area contributed by atoms with Gasteiger partial charge >= 0.3 is 0 Å². The number of piperidine rings is 1. The standard InChI is InChI=1S/C20H25NO2/c1-22-19-7-4-5-16(15-19)9-10-17-6-2-3-8-20(17)23-18-11-13-21-14-12-18/h2-8,15,18,21H,9-14H2,1H3. The van der Waals surface area contributed by atoms with Crippen molar-refractivity contribution in [1.82, 2.24) is 5.32 Å². The Balaban J connectivity index is 1.65. The molecule has 1 heterocycles. The zero-order valence-corrected chi connectivity index (χ0v) is 13.8. The van der Waals surface area contributed by atoms with Gasteiger partial charge in [-0.3, -0.25) is 0 Å². The van der Waals surface area contributed by atoms with Crippen molar-refractivity contribution in [3.8, 4) is 11.5 Å². The number of ether oxygens (including phenoxy) is 2. The van der Waals surface area contributed by atoms with Crippen LogP contribution in [-0.4, -0.2) is 26.3 Å². The monoisotopic (exact) mass is 311 g/mol. The van der Waals surface area contributed by atoms with E-state index in [-0.39, 0.29) is 0 Å². The van der Waals surface area contributed by atoms with Crippen molar-refractivity contribution in [1.29, 1.82) is 0 Å². The lowest BCUT2D eigenvalue weighted by Gasteiger charge is -2.25. The molecule has 0 bridgehead atoms. The average Bonchev–Trinajstić information content (AvgIpc) is 2.62. The topological polar surface area (TPSA) is 30.5 Å². The molecule has 2 aromatic carbocycles. The van der Waals surface area contributed by atoms with Gasteiger partial charge in [0.15, 0.2) is 0 Å². The van der Waals surface area contributed by atoms with Crippen LogP contribution < -0.4 is 14.8 Å². The van der Waals surface area contributed by atoms with Crippen LogP contribution in [-0.2, 0) is 12.8 Å². The van der Waals surface area contributed by atoms with E-state index in [9.17, 15) is 0 Å². The van der Waals surface area contributed by atoms with Crippen LogP contribution in [0.4, 0.5) is 0 Å². The van der Waals surface area contributed by atoms with Crippen LogP contribution in [0.2, 0.25) is 0 Å². The van der Waals surface area contributed by atoms with Crippen molar-refractivity contribution in [3.63, 3.8) is 0 Å². The van der Waals surface area contributed by atoms with Gasteiger partial charge in [0.1, 0.15) is 17.6 Å². The third kappa shape index (κ3) is 4.49. The minimum absolute atomic E-state index is 0.342. The molecule has 0 unspecified atom stereocenters. The number of benzene rings is 2. The summed E-state index contributed by atoms with van der Waals surface area (Å²) in [6.45, 7) is 2.10. The largest absolute Gasteiger partial charge is 0.497 e. The summed E-state index contributed by atoms with van der Waals surface area (Å²) in [6.07, 6.45) is 4.49. The minimum Gasteiger partial charge on any atom is -0.497 e. The van der Waals surface area contributed by atoms with Crippen LogP contribution >= 0.6 is 0 Å². The maximum absolute atomic E-state index is 6.26. The fourth-order valence-electron chi connectivity index (χ4n) is 3.03. The molecular weight excluding hydrogens is 286 g/mol. The maximum Gasteiger partial charge on any atom is 0.122 e. The van der Waals surface area contributed by atoms with E-state index in [0.717, 1.165) is 50.3 Å². The molecule has 3 nitrogen and oxygen atoms in total. The van der Waals surface area contributed by atoms with Gasteiger partial charge in [0.2, 0.25) is 0 Å². The molecule has 0 amide bonds. The van der Waals surface area contributed by atoms with E-state index in [2.05, 4.69) is 41.7 Å². The van der Waals surface area contributed by atoms with Crippen molar-refractivity contribution < 1.29 is 9.47 Å². The van der Waals surface area contributed by atoms with E-state index in [1.807, 2.05) is 12.1 Å². The summed E-state index contributed by atoms with van der Waals surface area (Å²) in [5.74, 6) is 1.96. The smallest absolute Gasteiger partial charge is 0.122 e. The number of hydrogen-bond acceptors (Lipinski definition) is 3. The molecule has 0 radical (unpaired) electrons. The molecule has 1 N–H and O–H groups in total. The molecular formula is C20H25NO2. The summed E-state index contributed by atoms with van der Waals surface area (Å²) < 4.78 is 11.6. The second-order valence-corrected chi connectivity index (χ2v) is 6.03. The van der Waals surface area contributed by atoms with Crippen LogP contribution in [0.5, 0.6) is 11.5 Å². The van der Waals surface area contributed by atoms with E-state index in [4.69, 9.17) is 9.47 Å². The Labute approximate surface area is 138 Å². The first kappa shape index (κ1) is 15.9. The molecule has 1 fully saturated rings. The normalized spacial score (nSPS) is 15.3. The SMILES string of the molecule is COc1cccc(CCc2ccccc2OC2CCNCC2)c1. The van der Waals surface area contributed by atoms with Crippen molar-refractivity contribution in [3.05, 3.63) is 59.7 Å². The molecule has 3 heteroatoms. The first-order valence-corrected chi connectivity index (χ1v) is 8.43. The number of methoxy groups -OCH3 is 1. The highest BCUT2D eigenvalue weighted by Gasteiger charge is 2.15. The van der Waals surface area contributed by atoms with Crippen LogP contribution in [0.15, 0.2) is 48.5 Å². The summed E-state index contributed by atoms with van der Waals surface area (Å²) in [4.78, 5) is 0. The van der Waals surface area contributed by atoms with E-state index < -0.39 is 0 Å². The lowest BCUT2D eigenvalue weighted by Crippen LogP contribution is -2.34. The average molecular weight is 311 g/mol. The molecule has 0 spiro atoms. The Kier molecular flexibility index (Phi) is 5.54. The van der Waals surface area contributed by atoms with Crippen LogP contribution in [0.3, 0.4) is 0 Å². The van der Waals surface area contributed by atoms with Gasteiger partial charge < -0.3 is 14.8 Å². The highest BCUT2D eigenvalue weighted by atomic mass is 16.5. The Morgan fingerprint density at radius 3 is 2.65 bits per heavy atom. The quantitative estimate of drug-likeness (QED) is 0.884. The second-order valence-electron chi connectivity index (χ2n) is 6.03.